The largest absolute Gasteiger partial charge is 0.384 e. The van der Waals surface area contributed by atoms with E-state index in [1.54, 1.807) is 6.07 Å². The maximum atomic E-state index is 5.66. The molecule has 0 saturated carbocycles. The first-order valence-corrected chi connectivity index (χ1v) is 7.63. The average Bonchev–Trinajstić information content (AvgIpc) is 3.03. The number of nitrogens with one attached hydrogen (secondary N) is 1. The third-order valence-corrected chi connectivity index (χ3v) is 3.60. The lowest BCUT2D eigenvalue weighted by Crippen LogP contribution is -2.15. The van der Waals surface area contributed by atoms with Gasteiger partial charge in [0.1, 0.15) is 18.0 Å². The van der Waals surface area contributed by atoms with E-state index in [1.807, 2.05) is 6.07 Å². The molecule has 2 aromatic heterocycles. The van der Waals surface area contributed by atoms with Gasteiger partial charge in [-0.2, -0.15) is 0 Å². The fraction of sp³-hybridized carbons (Fsp3) is 0.533. The van der Waals surface area contributed by atoms with Crippen molar-refractivity contribution in [3.8, 4) is 0 Å². The van der Waals surface area contributed by atoms with Crippen molar-refractivity contribution < 1.29 is 9.47 Å². The van der Waals surface area contributed by atoms with Gasteiger partial charge in [0.05, 0.1) is 18.1 Å². The van der Waals surface area contributed by atoms with Crippen LogP contribution >= 0.6 is 0 Å². The van der Waals surface area contributed by atoms with Gasteiger partial charge in [0.15, 0.2) is 5.65 Å². The zero-order valence-electron chi connectivity index (χ0n) is 12.5. The van der Waals surface area contributed by atoms with Crippen LogP contribution in [-0.2, 0) is 9.47 Å². The highest BCUT2D eigenvalue weighted by Gasteiger charge is 2.14. The lowest BCUT2D eigenvalue weighted by atomic mass is 10.2. The molecular weight excluding hydrogens is 282 g/mol. The second-order valence-corrected chi connectivity index (χ2v) is 5.32. The number of nitrogens with zero attached hydrogens (tertiary/aromatic N) is 3. The third kappa shape index (κ3) is 3.80. The fourth-order valence-corrected chi connectivity index (χ4v) is 2.47. The standard InChI is InChI=1S/C15H21N5O2/c16-13-5-4-12-14(18-10-19-15(12)20-13)17-6-2-7-21-9-11-3-1-8-22-11/h4-5,10-11H,1-3,6-9H2,(H3,16,17,18,19,20). The fourth-order valence-electron chi connectivity index (χ4n) is 2.47. The number of pyridine rings is 1. The summed E-state index contributed by atoms with van der Waals surface area (Å²) in [5.74, 6) is 1.23. The number of hydrogen-bond donors (Lipinski definition) is 2. The minimum absolute atomic E-state index is 0.287. The van der Waals surface area contributed by atoms with Gasteiger partial charge in [-0.3, -0.25) is 0 Å². The number of ether oxygens (including phenoxy) is 2. The normalized spacial score (nSPS) is 17.9. The maximum Gasteiger partial charge on any atom is 0.166 e. The van der Waals surface area contributed by atoms with Gasteiger partial charge < -0.3 is 20.5 Å². The van der Waals surface area contributed by atoms with Crippen molar-refractivity contribution in [2.75, 3.05) is 37.4 Å². The molecule has 7 heteroatoms. The molecule has 3 heterocycles. The van der Waals surface area contributed by atoms with E-state index in [4.69, 9.17) is 15.2 Å². The molecule has 7 nitrogen and oxygen atoms in total. The highest BCUT2D eigenvalue weighted by atomic mass is 16.5. The first-order chi connectivity index (χ1) is 10.8. The Kier molecular flexibility index (Phi) is 4.97. The molecule has 0 aliphatic carbocycles. The number of hydrogen-bond acceptors (Lipinski definition) is 7. The van der Waals surface area contributed by atoms with E-state index < -0.39 is 0 Å². The Bertz CT molecular complexity index is 616. The molecule has 2 aromatic rings. The predicted octanol–water partition coefficient (Wildman–Crippen LogP) is 1.60. The molecule has 3 rings (SSSR count). The SMILES string of the molecule is Nc1ccc2c(NCCCOCC3CCCO3)ncnc2n1. The number of aromatic nitrogens is 3. The first-order valence-electron chi connectivity index (χ1n) is 7.63. The van der Waals surface area contributed by atoms with Crippen LogP contribution in [0, 0.1) is 0 Å². The average molecular weight is 303 g/mol. The number of anilines is 2. The smallest absolute Gasteiger partial charge is 0.166 e. The summed E-state index contributed by atoms with van der Waals surface area (Å²) in [4.78, 5) is 12.6. The Labute approximate surface area is 129 Å². The van der Waals surface area contributed by atoms with Crippen LogP contribution in [0.25, 0.3) is 11.0 Å². The van der Waals surface area contributed by atoms with Gasteiger partial charge in [0.2, 0.25) is 0 Å². The van der Waals surface area contributed by atoms with Crippen LogP contribution in [-0.4, -0.2) is 47.4 Å². The Balaban J connectivity index is 1.43. The maximum absolute atomic E-state index is 5.66. The molecule has 118 valence electrons. The van der Waals surface area contributed by atoms with Crippen LogP contribution < -0.4 is 11.1 Å². The molecule has 1 atom stereocenters. The lowest BCUT2D eigenvalue weighted by Gasteiger charge is -2.11. The molecule has 1 unspecified atom stereocenters. The second kappa shape index (κ2) is 7.33. The molecular formula is C15H21N5O2. The number of nitrogens with two attached hydrogens (primary N) is 1. The van der Waals surface area contributed by atoms with Crippen LogP contribution in [0.5, 0.6) is 0 Å². The first kappa shape index (κ1) is 14.9. The summed E-state index contributed by atoms with van der Waals surface area (Å²) in [5, 5.41) is 4.16. The van der Waals surface area contributed by atoms with E-state index in [9.17, 15) is 0 Å². The van der Waals surface area contributed by atoms with Crippen LogP contribution in [0.1, 0.15) is 19.3 Å². The van der Waals surface area contributed by atoms with E-state index in [2.05, 4.69) is 20.3 Å². The zero-order valence-corrected chi connectivity index (χ0v) is 12.5. The highest BCUT2D eigenvalue weighted by Crippen LogP contribution is 2.18. The van der Waals surface area contributed by atoms with Crippen molar-refractivity contribution in [1.29, 1.82) is 0 Å². The van der Waals surface area contributed by atoms with Gasteiger partial charge in [-0.05, 0) is 31.4 Å². The summed E-state index contributed by atoms with van der Waals surface area (Å²) >= 11 is 0. The summed E-state index contributed by atoms with van der Waals surface area (Å²) in [6.07, 6.45) is 4.94. The van der Waals surface area contributed by atoms with Crippen LogP contribution in [0.3, 0.4) is 0 Å². The van der Waals surface area contributed by atoms with Crippen LogP contribution in [0.4, 0.5) is 11.6 Å². The van der Waals surface area contributed by atoms with Crippen molar-refractivity contribution in [2.24, 2.45) is 0 Å². The molecule has 0 aromatic carbocycles. The lowest BCUT2D eigenvalue weighted by molar-refractivity contribution is 0.0172. The van der Waals surface area contributed by atoms with E-state index in [1.165, 1.54) is 6.33 Å². The summed E-state index contributed by atoms with van der Waals surface area (Å²) in [7, 11) is 0. The Hall–Kier alpha value is -1.99. The van der Waals surface area contributed by atoms with Crippen molar-refractivity contribution in [1.82, 2.24) is 15.0 Å². The molecule has 0 bridgehead atoms. The summed E-state index contributed by atoms with van der Waals surface area (Å²) in [6, 6.07) is 3.63. The number of rotatable bonds is 7. The minimum Gasteiger partial charge on any atom is -0.384 e. The quantitative estimate of drug-likeness (QED) is 0.750. The molecule has 0 spiro atoms. The van der Waals surface area contributed by atoms with Crippen molar-refractivity contribution >= 4 is 22.7 Å². The molecule has 1 fully saturated rings. The minimum atomic E-state index is 0.287. The van der Waals surface area contributed by atoms with Gasteiger partial charge >= 0.3 is 0 Å². The monoisotopic (exact) mass is 303 g/mol. The topological polar surface area (TPSA) is 95.2 Å². The Morgan fingerprint density at radius 3 is 3.18 bits per heavy atom. The summed E-state index contributed by atoms with van der Waals surface area (Å²) < 4.78 is 11.1. The van der Waals surface area contributed by atoms with Gasteiger partial charge in [-0.25, -0.2) is 15.0 Å². The molecule has 1 aliphatic heterocycles. The molecule has 22 heavy (non-hydrogen) atoms. The predicted molar refractivity (Wildman–Crippen MR) is 84.6 cm³/mol. The third-order valence-electron chi connectivity index (χ3n) is 3.60. The second-order valence-electron chi connectivity index (χ2n) is 5.32. The van der Waals surface area contributed by atoms with Gasteiger partial charge in [0, 0.05) is 19.8 Å². The van der Waals surface area contributed by atoms with Gasteiger partial charge in [0.25, 0.3) is 0 Å². The van der Waals surface area contributed by atoms with E-state index in [-0.39, 0.29) is 6.10 Å². The van der Waals surface area contributed by atoms with Crippen LogP contribution in [0.2, 0.25) is 0 Å². The van der Waals surface area contributed by atoms with Crippen molar-refractivity contribution in [3.05, 3.63) is 18.5 Å². The molecule has 0 radical (unpaired) electrons. The van der Waals surface area contributed by atoms with E-state index in [0.717, 1.165) is 43.6 Å². The molecule has 3 N–H and O–H groups in total. The van der Waals surface area contributed by atoms with E-state index in [0.29, 0.717) is 24.7 Å². The summed E-state index contributed by atoms with van der Waals surface area (Å²) in [5.41, 5.74) is 6.27. The Morgan fingerprint density at radius 1 is 1.36 bits per heavy atom. The number of nitrogen functional groups attached to an aromatic ring is 1. The van der Waals surface area contributed by atoms with Crippen molar-refractivity contribution in [3.63, 3.8) is 0 Å². The molecule has 1 aliphatic rings. The Morgan fingerprint density at radius 2 is 2.32 bits per heavy atom. The van der Waals surface area contributed by atoms with Gasteiger partial charge in [-0.1, -0.05) is 0 Å². The zero-order chi connectivity index (χ0) is 15.2. The van der Waals surface area contributed by atoms with Crippen molar-refractivity contribution in [2.45, 2.75) is 25.4 Å². The number of fused-ring (bicyclic) bond motifs is 1. The van der Waals surface area contributed by atoms with Gasteiger partial charge in [-0.15, -0.1) is 0 Å². The highest BCUT2D eigenvalue weighted by molar-refractivity contribution is 5.86. The molecule has 0 amide bonds. The van der Waals surface area contributed by atoms with Crippen LogP contribution in [0.15, 0.2) is 18.5 Å². The molecule has 1 saturated heterocycles. The van der Waals surface area contributed by atoms with E-state index >= 15 is 0 Å². The summed E-state index contributed by atoms with van der Waals surface area (Å²) in [6.45, 7) is 3.05.